The van der Waals surface area contributed by atoms with E-state index in [2.05, 4.69) is 103 Å². The fourth-order valence-electron chi connectivity index (χ4n) is 16.4. The van der Waals surface area contributed by atoms with E-state index in [1.165, 1.54) is 510 Å². The molecule has 3 rings (SSSR count). The summed E-state index contributed by atoms with van der Waals surface area (Å²) in [5.74, 6) is 0. The van der Waals surface area contributed by atoms with Crippen LogP contribution in [0.15, 0.2) is 60.2 Å². The van der Waals surface area contributed by atoms with Crippen molar-refractivity contribution in [1.29, 1.82) is 0 Å². The molecular formula is C104H190N2Ni. The van der Waals surface area contributed by atoms with Crippen molar-refractivity contribution in [3.8, 4) is 0 Å². The smallest absolute Gasteiger partial charge is 0.493 e. The van der Waals surface area contributed by atoms with Gasteiger partial charge in [-0.1, -0.05) is 528 Å². The SMILES string of the molecule is CCCCCCCCCCCCCCCCCCCCCCCCc1cccc(C2=CC(CCCCCCCCCCCC)=C(c3cccc(CCCCCCCCCCCCCCCCCCCCCCCC)c3)[N+]2=[N-])c1.[CH2-]CCCCCCCCCCCCC.[CH2-]CCCCCCCCCCCCC.[Ni+2]. The second kappa shape index (κ2) is 88.0. The predicted molar refractivity (Wildman–Crippen MR) is 483 cm³/mol. The predicted octanol–water partition coefficient (Wildman–Crippen LogP) is 38.1. The first kappa shape index (κ1) is 105. The van der Waals surface area contributed by atoms with Gasteiger partial charge in [0.15, 0.2) is 0 Å². The Hall–Kier alpha value is -1.99. The van der Waals surface area contributed by atoms with Crippen LogP contribution in [-0.2, 0) is 29.3 Å². The van der Waals surface area contributed by atoms with Gasteiger partial charge in [0, 0.05) is 22.8 Å². The third kappa shape index (κ3) is 70.4. The summed E-state index contributed by atoms with van der Waals surface area (Å²) < 4.78 is 1.56. The standard InChI is InChI=1S/C76H132N2.2C14H29.Ni/c1-4-7-10-13-16-19-22-24-26-28-30-32-34-36-38-40-42-44-46-49-52-55-60-70-62-58-65-72(67-70)75-69-74(64-57-54-51-48-21-18-15-12-9-6-3)76(78(75)77)73-66-59-63-71(68-73)61-56-53-50-47-45-43-41-39-37-35-33-31-29-27-25-23-20-17-14-11-8-5-2;2*1-3-5-7-9-11-13-14-12-10-8-6-4-2;/h58-59,62-63,65-69H,4-57,60-61,64H2,1-3H3;2*1,3-14H2,2H3;/q;2*-1;+2. The molecule has 1 aliphatic heterocycles. The van der Waals surface area contributed by atoms with E-state index in [1.807, 2.05) is 0 Å². The number of allylic oxidation sites excluding steroid dienone is 2. The molecule has 0 amide bonds. The summed E-state index contributed by atoms with van der Waals surface area (Å²) in [6, 6.07) is 18.3. The van der Waals surface area contributed by atoms with Crippen molar-refractivity contribution < 1.29 is 21.2 Å². The molecule has 0 aliphatic carbocycles. The van der Waals surface area contributed by atoms with Gasteiger partial charge in [-0.2, -0.15) is 12.8 Å². The van der Waals surface area contributed by atoms with E-state index in [9.17, 15) is 5.53 Å². The molecule has 0 spiro atoms. The molecular weight excluding hydrogens is 1340 g/mol. The van der Waals surface area contributed by atoms with Gasteiger partial charge in [0.25, 0.3) is 0 Å². The Morgan fingerprint density at radius 1 is 0.234 bits per heavy atom. The van der Waals surface area contributed by atoms with Crippen LogP contribution in [-0.4, -0.2) is 4.70 Å². The first-order valence-corrected chi connectivity index (χ1v) is 49.2. The summed E-state index contributed by atoms with van der Waals surface area (Å²) in [6.45, 7) is 19.2. The first-order valence-electron chi connectivity index (χ1n) is 49.2. The molecule has 0 unspecified atom stereocenters. The molecule has 0 fully saturated rings. The third-order valence-electron chi connectivity index (χ3n) is 23.6. The van der Waals surface area contributed by atoms with Crippen molar-refractivity contribution >= 4 is 11.4 Å². The number of rotatable bonds is 81. The van der Waals surface area contributed by atoms with Gasteiger partial charge < -0.3 is 19.4 Å². The minimum absolute atomic E-state index is 0. The van der Waals surface area contributed by atoms with E-state index in [4.69, 9.17) is 0 Å². The molecule has 0 radical (unpaired) electrons. The number of unbranched alkanes of at least 4 members (excludes halogenated alkanes) is 73. The summed E-state index contributed by atoms with van der Waals surface area (Å²) in [6.07, 6.45) is 116. The first-order chi connectivity index (χ1) is 52.5. The van der Waals surface area contributed by atoms with Crippen molar-refractivity contribution in [3.63, 3.8) is 0 Å². The zero-order valence-corrected chi connectivity index (χ0v) is 74.6. The molecule has 2 aromatic carbocycles. The van der Waals surface area contributed by atoms with Crippen molar-refractivity contribution in [2.24, 2.45) is 0 Å². The van der Waals surface area contributed by atoms with Crippen molar-refractivity contribution in [3.05, 3.63) is 102 Å². The van der Waals surface area contributed by atoms with Crippen molar-refractivity contribution in [2.75, 3.05) is 0 Å². The van der Waals surface area contributed by atoms with Crippen molar-refractivity contribution in [1.82, 2.24) is 0 Å². The number of nitrogens with zero attached hydrogens (tertiary/aromatic N) is 2. The molecule has 2 aromatic rings. The van der Waals surface area contributed by atoms with Crippen LogP contribution < -0.4 is 0 Å². The Bertz CT molecular complexity index is 2080. The largest absolute Gasteiger partial charge is 2.00 e. The summed E-state index contributed by atoms with van der Waals surface area (Å²) in [4.78, 5) is 0. The fourth-order valence-corrected chi connectivity index (χ4v) is 16.4. The minimum atomic E-state index is 0. The molecule has 0 saturated heterocycles. The van der Waals surface area contributed by atoms with Gasteiger partial charge in [-0.25, -0.2) is 4.70 Å². The monoisotopic (exact) mass is 1530 g/mol. The third-order valence-corrected chi connectivity index (χ3v) is 23.6. The van der Waals surface area contributed by atoms with Crippen LogP contribution in [0.5, 0.6) is 0 Å². The van der Waals surface area contributed by atoms with E-state index < -0.39 is 0 Å². The van der Waals surface area contributed by atoms with Crippen molar-refractivity contribution in [2.45, 2.75) is 555 Å². The van der Waals surface area contributed by atoms with Gasteiger partial charge >= 0.3 is 16.5 Å². The molecule has 0 atom stereocenters. The molecule has 3 heteroatoms. The Kier molecular flexibility index (Phi) is 86.3. The van der Waals surface area contributed by atoms with Crippen LogP contribution in [0.2, 0.25) is 0 Å². The van der Waals surface area contributed by atoms with Gasteiger partial charge in [0.05, 0.1) is 0 Å². The molecule has 626 valence electrons. The second-order valence-corrected chi connectivity index (χ2v) is 34.2. The maximum atomic E-state index is 12.1. The van der Waals surface area contributed by atoms with Gasteiger partial charge in [0.2, 0.25) is 11.4 Å². The Balaban J connectivity index is 0.00000322. The average molecular weight is 1530 g/mol. The molecule has 0 aromatic heterocycles. The van der Waals surface area contributed by atoms with E-state index in [1.54, 1.807) is 4.70 Å². The van der Waals surface area contributed by atoms with E-state index in [0.29, 0.717) is 0 Å². The maximum Gasteiger partial charge on any atom is 2.00 e. The fraction of sp³-hybridized carbons (Fsp3) is 0.827. The number of benzene rings is 2. The Morgan fingerprint density at radius 2 is 0.421 bits per heavy atom. The number of aryl methyl sites for hydroxylation is 2. The quantitative estimate of drug-likeness (QED) is 0.0273. The summed E-state index contributed by atoms with van der Waals surface area (Å²) in [5.41, 5.74) is 20.5. The van der Waals surface area contributed by atoms with Crippen LogP contribution in [0.1, 0.15) is 564 Å². The molecule has 0 N–H and O–H groups in total. The van der Waals surface area contributed by atoms with E-state index >= 15 is 0 Å². The van der Waals surface area contributed by atoms with Crippen LogP contribution in [0.3, 0.4) is 0 Å². The Morgan fingerprint density at radius 3 is 0.645 bits per heavy atom. The van der Waals surface area contributed by atoms with E-state index in [-0.39, 0.29) is 16.5 Å². The minimum Gasteiger partial charge on any atom is -0.493 e. The van der Waals surface area contributed by atoms with E-state index in [0.717, 1.165) is 49.1 Å². The topological polar surface area (TPSA) is 25.3 Å². The summed E-state index contributed by atoms with van der Waals surface area (Å²) in [7, 11) is 0. The molecule has 2 nitrogen and oxygen atoms in total. The van der Waals surface area contributed by atoms with Crippen LogP contribution in [0.4, 0.5) is 0 Å². The second-order valence-electron chi connectivity index (χ2n) is 34.2. The molecule has 1 aliphatic rings. The number of hydrogen-bond donors (Lipinski definition) is 0. The molecule has 107 heavy (non-hydrogen) atoms. The van der Waals surface area contributed by atoms with Crippen LogP contribution in [0.25, 0.3) is 16.9 Å². The van der Waals surface area contributed by atoms with Gasteiger partial charge in [-0.3, -0.25) is 0 Å². The van der Waals surface area contributed by atoms with Crippen LogP contribution in [0, 0.1) is 13.8 Å². The van der Waals surface area contributed by atoms with Crippen LogP contribution >= 0.6 is 0 Å². The average Bonchev–Trinajstić information content (AvgIpc) is 1.63. The normalized spacial score (nSPS) is 12.1. The molecule has 0 saturated carbocycles. The van der Waals surface area contributed by atoms with Gasteiger partial charge in [0.1, 0.15) is 0 Å². The molecule has 1 heterocycles. The maximum absolute atomic E-state index is 12.1. The Labute approximate surface area is 684 Å². The summed E-state index contributed by atoms with van der Waals surface area (Å²) >= 11 is 0. The zero-order chi connectivity index (χ0) is 76.3. The number of hydrogen-bond acceptors (Lipinski definition) is 0. The van der Waals surface area contributed by atoms with Gasteiger partial charge in [-0.15, -0.1) is 0 Å². The zero-order valence-electron chi connectivity index (χ0n) is 73.6. The van der Waals surface area contributed by atoms with Gasteiger partial charge in [-0.05, 0) is 73.9 Å². The summed E-state index contributed by atoms with van der Waals surface area (Å²) in [5, 5.41) is 0. The molecule has 0 bridgehead atoms.